The first-order valence-electron chi connectivity index (χ1n) is 9.74. The van der Waals surface area contributed by atoms with Crippen LogP contribution in [0.15, 0.2) is 30.3 Å². The third-order valence-electron chi connectivity index (χ3n) is 4.96. The molecule has 0 spiro atoms. The van der Waals surface area contributed by atoms with Gasteiger partial charge < -0.3 is 14.2 Å². The Labute approximate surface area is 167 Å². The van der Waals surface area contributed by atoms with E-state index in [0.717, 1.165) is 31.4 Å². The fourth-order valence-electron chi connectivity index (χ4n) is 3.41. The Bertz CT molecular complexity index is 797. The molecule has 0 bridgehead atoms. The van der Waals surface area contributed by atoms with Crippen LogP contribution in [0.1, 0.15) is 44.5 Å². The molecule has 3 nitrogen and oxygen atoms in total. The summed E-state index contributed by atoms with van der Waals surface area (Å²) >= 11 is 0. The monoisotopic (exact) mass is 412 g/mol. The molecule has 2 aromatic rings. The molecule has 2 aromatic carbocycles. The molecule has 0 radical (unpaired) electrons. The standard InChI is InChI=1S/C22H24F4O3/c1-2-3-4-5-14-11-27-22(28-12-14)15-6-7-17(18(24)8-15)16-9-19(25)21(29-13-23)20(26)10-16/h6-10,14,22H,2-5,11-13H2,1H3. The Balaban J connectivity index is 1.70. The van der Waals surface area contributed by atoms with Crippen LogP contribution in [0.2, 0.25) is 0 Å². The second-order valence-corrected chi connectivity index (χ2v) is 7.12. The van der Waals surface area contributed by atoms with E-state index in [-0.39, 0.29) is 11.1 Å². The lowest BCUT2D eigenvalue weighted by molar-refractivity contribution is -0.206. The second kappa shape index (κ2) is 10.1. The van der Waals surface area contributed by atoms with E-state index in [0.29, 0.717) is 24.7 Å². The first kappa shape index (κ1) is 21.6. The zero-order valence-corrected chi connectivity index (χ0v) is 16.2. The van der Waals surface area contributed by atoms with E-state index in [2.05, 4.69) is 11.7 Å². The molecule has 1 heterocycles. The molecule has 0 aromatic heterocycles. The SMILES string of the molecule is CCCCCC1COC(c2ccc(-c3cc(F)c(OCF)c(F)c3)c(F)c2)OC1. The summed E-state index contributed by atoms with van der Waals surface area (Å²) in [7, 11) is 0. The molecule has 1 aliphatic rings. The maximum absolute atomic E-state index is 14.6. The largest absolute Gasteiger partial charge is 0.457 e. The van der Waals surface area contributed by atoms with Gasteiger partial charge in [0.05, 0.1) is 13.2 Å². The molecule has 7 heteroatoms. The van der Waals surface area contributed by atoms with Gasteiger partial charge in [-0.1, -0.05) is 38.3 Å². The van der Waals surface area contributed by atoms with Crippen molar-refractivity contribution in [2.24, 2.45) is 5.92 Å². The lowest BCUT2D eigenvalue weighted by atomic mass is 10.0. The van der Waals surface area contributed by atoms with Crippen LogP contribution in [0.4, 0.5) is 17.6 Å². The second-order valence-electron chi connectivity index (χ2n) is 7.12. The highest BCUT2D eigenvalue weighted by Crippen LogP contribution is 2.33. The molecule has 1 aliphatic heterocycles. The number of unbranched alkanes of at least 4 members (excludes halogenated alkanes) is 2. The van der Waals surface area contributed by atoms with E-state index >= 15 is 0 Å². The van der Waals surface area contributed by atoms with Crippen molar-refractivity contribution in [3.8, 4) is 16.9 Å². The van der Waals surface area contributed by atoms with Crippen molar-refractivity contribution < 1.29 is 31.8 Å². The van der Waals surface area contributed by atoms with Gasteiger partial charge in [0, 0.05) is 17.0 Å². The quantitative estimate of drug-likeness (QED) is 0.375. The van der Waals surface area contributed by atoms with Crippen LogP contribution in [0.5, 0.6) is 5.75 Å². The third kappa shape index (κ3) is 5.28. The Morgan fingerprint density at radius 1 is 0.966 bits per heavy atom. The molecular weight excluding hydrogens is 388 g/mol. The van der Waals surface area contributed by atoms with E-state index in [1.54, 1.807) is 6.07 Å². The Kier molecular flexibility index (Phi) is 7.50. The van der Waals surface area contributed by atoms with Gasteiger partial charge in [0.25, 0.3) is 0 Å². The minimum atomic E-state index is -1.36. The first-order valence-corrected chi connectivity index (χ1v) is 9.74. The zero-order valence-electron chi connectivity index (χ0n) is 16.2. The number of hydrogen-bond acceptors (Lipinski definition) is 3. The van der Waals surface area contributed by atoms with E-state index in [9.17, 15) is 17.6 Å². The highest BCUT2D eigenvalue weighted by Gasteiger charge is 2.24. The van der Waals surface area contributed by atoms with Gasteiger partial charge in [0.2, 0.25) is 6.86 Å². The number of benzene rings is 2. The van der Waals surface area contributed by atoms with Crippen LogP contribution in [-0.2, 0) is 9.47 Å². The molecule has 3 rings (SSSR count). The van der Waals surface area contributed by atoms with E-state index in [4.69, 9.17) is 9.47 Å². The van der Waals surface area contributed by atoms with Crippen molar-refractivity contribution in [1.29, 1.82) is 0 Å². The molecule has 0 aliphatic carbocycles. The van der Waals surface area contributed by atoms with Gasteiger partial charge in [0.1, 0.15) is 5.82 Å². The van der Waals surface area contributed by atoms with Gasteiger partial charge in [0.15, 0.2) is 23.7 Å². The maximum Gasteiger partial charge on any atom is 0.228 e. The van der Waals surface area contributed by atoms with Crippen molar-refractivity contribution in [3.63, 3.8) is 0 Å². The summed E-state index contributed by atoms with van der Waals surface area (Å²) < 4.78 is 70.5. The van der Waals surface area contributed by atoms with Gasteiger partial charge in [-0.3, -0.25) is 0 Å². The van der Waals surface area contributed by atoms with Gasteiger partial charge in [-0.05, 0) is 30.2 Å². The fraction of sp³-hybridized carbons (Fsp3) is 0.455. The van der Waals surface area contributed by atoms with Crippen LogP contribution in [-0.4, -0.2) is 20.1 Å². The molecule has 1 saturated heterocycles. The average molecular weight is 412 g/mol. The van der Waals surface area contributed by atoms with Crippen LogP contribution in [0.3, 0.4) is 0 Å². The molecule has 29 heavy (non-hydrogen) atoms. The van der Waals surface area contributed by atoms with Crippen molar-refractivity contribution >= 4 is 0 Å². The summed E-state index contributed by atoms with van der Waals surface area (Å²) in [6.07, 6.45) is 3.82. The van der Waals surface area contributed by atoms with Gasteiger partial charge in [-0.25, -0.2) is 17.6 Å². The van der Waals surface area contributed by atoms with Gasteiger partial charge in [-0.2, -0.15) is 0 Å². The van der Waals surface area contributed by atoms with Crippen LogP contribution in [0.25, 0.3) is 11.1 Å². The predicted octanol–water partition coefficient (Wildman–Crippen LogP) is 6.32. The topological polar surface area (TPSA) is 27.7 Å². The molecule has 158 valence electrons. The van der Waals surface area contributed by atoms with Crippen molar-refractivity contribution in [2.45, 2.75) is 38.9 Å². The number of hydrogen-bond donors (Lipinski definition) is 0. The average Bonchev–Trinajstić information content (AvgIpc) is 2.71. The highest BCUT2D eigenvalue weighted by molar-refractivity contribution is 5.66. The molecule has 0 atom stereocenters. The Morgan fingerprint density at radius 3 is 2.24 bits per heavy atom. The predicted molar refractivity (Wildman–Crippen MR) is 101 cm³/mol. The summed E-state index contributed by atoms with van der Waals surface area (Å²) in [5, 5.41) is 0. The smallest absolute Gasteiger partial charge is 0.228 e. The summed E-state index contributed by atoms with van der Waals surface area (Å²) in [4.78, 5) is 0. The summed E-state index contributed by atoms with van der Waals surface area (Å²) in [6, 6.07) is 6.05. The molecular formula is C22H24F4O3. The minimum absolute atomic E-state index is 0.00611. The molecule has 0 unspecified atom stereocenters. The Hall–Kier alpha value is -2.12. The zero-order chi connectivity index (χ0) is 20.8. The maximum atomic E-state index is 14.6. The van der Waals surface area contributed by atoms with E-state index in [1.165, 1.54) is 18.6 Å². The van der Waals surface area contributed by atoms with Crippen molar-refractivity contribution in [3.05, 3.63) is 53.3 Å². The van der Waals surface area contributed by atoms with E-state index < -0.39 is 36.4 Å². The summed E-state index contributed by atoms with van der Waals surface area (Å²) in [5.74, 6) is -3.37. The van der Waals surface area contributed by atoms with E-state index in [1.807, 2.05) is 0 Å². The van der Waals surface area contributed by atoms with Crippen molar-refractivity contribution in [2.75, 3.05) is 20.1 Å². The van der Waals surface area contributed by atoms with Crippen LogP contribution in [0, 0.1) is 23.4 Å². The molecule has 0 N–H and O–H groups in total. The lowest BCUT2D eigenvalue weighted by Gasteiger charge is -2.29. The van der Waals surface area contributed by atoms with Crippen LogP contribution < -0.4 is 4.74 Å². The Morgan fingerprint density at radius 2 is 1.66 bits per heavy atom. The number of ether oxygens (including phenoxy) is 3. The molecule has 1 fully saturated rings. The lowest BCUT2D eigenvalue weighted by Crippen LogP contribution is -2.27. The highest BCUT2D eigenvalue weighted by atomic mass is 19.1. The van der Waals surface area contributed by atoms with Gasteiger partial charge >= 0.3 is 0 Å². The summed E-state index contributed by atoms with van der Waals surface area (Å²) in [5.41, 5.74) is 0.486. The van der Waals surface area contributed by atoms with Gasteiger partial charge in [-0.15, -0.1) is 0 Å². The van der Waals surface area contributed by atoms with Crippen LogP contribution >= 0.6 is 0 Å². The number of halogens is 4. The number of alkyl halides is 1. The third-order valence-corrected chi connectivity index (χ3v) is 4.96. The fourth-order valence-corrected chi connectivity index (χ4v) is 3.41. The normalized spacial score (nSPS) is 19.3. The first-order chi connectivity index (χ1) is 14.0. The molecule has 0 amide bonds. The summed E-state index contributed by atoms with van der Waals surface area (Å²) in [6.45, 7) is 1.88. The molecule has 0 saturated carbocycles. The number of rotatable bonds is 8. The minimum Gasteiger partial charge on any atom is -0.457 e. The van der Waals surface area contributed by atoms with Crippen molar-refractivity contribution in [1.82, 2.24) is 0 Å².